The average molecular weight is 321 g/mol. The average Bonchev–Trinajstić information content (AvgIpc) is 2.59. The lowest BCUT2D eigenvalue weighted by molar-refractivity contribution is -0.115. The van der Waals surface area contributed by atoms with Crippen LogP contribution in [-0.4, -0.2) is 34.9 Å². The Balaban J connectivity index is 1.78. The summed E-state index contributed by atoms with van der Waals surface area (Å²) in [4.78, 5) is 31.6. The molecule has 0 atom stereocenters. The molecule has 7 nitrogen and oxygen atoms in total. The van der Waals surface area contributed by atoms with E-state index in [-0.39, 0.29) is 23.8 Å². The van der Waals surface area contributed by atoms with Crippen LogP contribution in [0.25, 0.3) is 5.57 Å². The van der Waals surface area contributed by atoms with Crippen molar-refractivity contribution in [1.29, 1.82) is 0 Å². The number of hydrazone groups is 1. The van der Waals surface area contributed by atoms with E-state index in [4.69, 9.17) is 0 Å². The van der Waals surface area contributed by atoms with Gasteiger partial charge in [-0.05, 0) is 24.3 Å². The quantitative estimate of drug-likeness (QED) is 0.529. The summed E-state index contributed by atoms with van der Waals surface area (Å²) in [6, 6.07) is 7.04. The highest BCUT2D eigenvalue weighted by atomic mass is 16.2. The van der Waals surface area contributed by atoms with Crippen molar-refractivity contribution in [3.8, 4) is 0 Å². The van der Waals surface area contributed by atoms with Gasteiger partial charge in [0.05, 0.1) is 35.9 Å². The first kappa shape index (κ1) is 15.5. The minimum absolute atomic E-state index is 0.187. The number of aromatic nitrogens is 2. The van der Waals surface area contributed by atoms with Gasteiger partial charge in [-0.25, -0.2) is 4.98 Å². The molecule has 0 unspecified atom stereocenters. The molecular weight excluding hydrogens is 306 g/mol. The van der Waals surface area contributed by atoms with E-state index >= 15 is 0 Å². The Hall–Kier alpha value is -3.35. The minimum atomic E-state index is -0.319. The van der Waals surface area contributed by atoms with E-state index in [1.165, 1.54) is 0 Å². The fraction of sp³-hybridized carbons (Fsp3) is 0.118. The van der Waals surface area contributed by atoms with Crippen LogP contribution in [0.5, 0.6) is 0 Å². The van der Waals surface area contributed by atoms with Crippen molar-refractivity contribution in [3.63, 3.8) is 0 Å². The van der Waals surface area contributed by atoms with Crippen LogP contribution in [-0.2, 0) is 4.79 Å². The van der Waals surface area contributed by atoms with E-state index in [1.54, 1.807) is 42.8 Å². The van der Waals surface area contributed by atoms with Gasteiger partial charge in [0.25, 0.3) is 0 Å². The predicted octanol–water partition coefficient (Wildman–Crippen LogP) is 2.14. The van der Waals surface area contributed by atoms with E-state index in [0.29, 0.717) is 17.0 Å². The lowest BCUT2D eigenvalue weighted by Gasteiger charge is -2.16. The highest BCUT2D eigenvalue weighted by Crippen LogP contribution is 2.22. The second-order valence-corrected chi connectivity index (χ2v) is 5.25. The van der Waals surface area contributed by atoms with Gasteiger partial charge in [-0.2, -0.15) is 5.10 Å². The van der Waals surface area contributed by atoms with E-state index in [9.17, 15) is 9.59 Å². The summed E-state index contributed by atoms with van der Waals surface area (Å²) in [7, 11) is 1.79. The zero-order valence-corrected chi connectivity index (χ0v) is 13.1. The molecular formula is C17H15N5O2. The number of carbonyl (C=O) groups excluding carboxylic acids is 2. The number of Topliss-reactive ketones (excluding diaryl/α,β-unsaturated/α-hetero) is 1. The molecule has 24 heavy (non-hydrogen) atoms. The predicted molar refractivity (Wildman–Crippen MR) is 92.0 cm³/mol. The van der Waals surface area contributed by atoms with Crippen LogP contribution < -0.4 is 10.3 Å². The van der Waals surface area contributed by atoms with Gasteiger partial charge in [-0.1, -0.05) is 6.58 Å². The van der Waals surface area contributed by atoms with Crippen LogP contribution in [0.1, 0.15) is 22.6 Å². The minimum Gasteiger partial charge on any atom is -0.324 e. The van der Waals surface area contributed by atoms with Crippen molar-refractivity contribution in [3.05, 3.63) is 54.6 Å². The van der Waals surface area contributed by atoms with Crippen molar-refractivity contribution in [2.75, 3.05) is 17.4 Å². The van der Waals surface area contributed by atoms with Crippen LogP contribution >= 0.6 is 0 Å². The molecule has 0 spiro atoms. The number of nitrogens with zero attached hydrogens (tertiary/aromatic N) is 4. The van der Waals surface area contributed by atoms with Gasteiger partial charge >= 0.3 is 0 Å². The number of nitrogens with one attached hydrogen (secondary N) is 1. The van der Waals surface area contributed by atoms with Crippen molar-refractivity contribution < 1.29 is 9.59 Å². The summed E-state index contributed by atoms with van der Waals surface area (Å²) >= 11 is 0. The van der Waals surface area contributed by atoms with Crippen LogP contribution in [0.3, 0.4) is 0 Å². The van der Waals surface area contributed by atoms with Gasteiger partial charge in [0.2, 0.25) is 5.91 Å². The Morgan fingerprint density at radius 3 is 2.96 bits per heavy atom. The molecule has 7 heteroatoms. The zero-order valence-electron chi connectivity index (χ0n) is 13.1. The molecule has 1 amide bonds. The number of ketones is 1. The van der Waals surface area contributed by atoms with Crippen molar-refractivity contribution in [2.45, 2.75) is 6.42 Å². The van der Waals surface area contributed by atoms with Gasteiger partial charge in [-0.3, -0.25) is 19.6 Å². The summed E-state index contributed by atoms with van der Waals surface area (Å²) in [5.41, 5.74) is 2.59. The fourth-order valence-electron chi connectivity index (χ4n) is 2.21. The monoisotopic (exact) mass is 321 g/mol. The maximum absolute atomic E-state index is 11.9. The lowest BCUT2D eigenvalue weighted by Crippen LogP contribution is -2.25. The van der Waals surface area contributed by atoms with Crippen LogP contribution in [0.4, 0.5) is 11.4 Å². The molecule has 1 N–H and O–H groups in total. The standard InChI is InChI=1S/C17H15N5O2/c1-11(9-19-22(2)12-4-3-7-18-10-12)13-5-6-14-17(21-13)15(23)8-16(24)20-14/h3-7,9-10H,1,8H2,2H3,(H,20,24)/b19-9-. The highest BCUT2D eigenvalue weighted by Gasteiger charge is 2.24. The molecule has 0 fully saturated rings. The first-order valence-corrected chi connectivity index (χ1v) is 7.25. The van der Waals surface area contributed by atoms with Crippen LogP contribution in [0, 0.1) is 0 Å². The summed E-state index contributed by atoms with van der Waals surface area (Å²) < 4.78 is 0. The molecule has 0 bridgehead atoms. The smallest absolute Gasteiger partial charge is 0.232 e. The fourth-order valence-corrected chi connectivity index (χ4v) is 2.21. The molecule has 0 saturated heterocycles. The van der Waals surface area contributed by atoms with Gasteiger partial charge in [0.1, 0.15) is 5.69 Å². The molecule has 2 aromatic rings. The van der Waals surface area contributed by atoms with Crippen LogP contribution in [0.2, 0.25) is 0 Å². The third-order valence-electron chi connectivity index (χ3n) is 3.49. The van der Waals surface area contributed by atoms with Crippen LogP contribution in [0.15, 0.2) is 48.3 Å². The Morgan fingerprint density at radius 1 is 1.38 bits per heavy atom. The number of amides is 1. The van der Waals surface area contributed by atoms with Gasteiger partial charge < -0.3 is 5.32 Å². The lowest BCUT2D eigenvalue weighted by atomic mass is 10.1. The van der Waals surface area contributed by atoms with E-state index < -0.39 is 0 Å². The largest absolute Gasteiger partial charge is 0.324 e. The maximum atomic E-state index is 11.9. The number of anilines is 2. The van der Waals surface area contributed by atoms with Gasteiger partial charge in [0.15, 0.2) is 5.78 Å². The Labute approximate surface area is 138 Å². The molecule has 2 aromatic heterocycles. The topological polar surface area (TPSA) is 87.6 Å². The first-order chi connectivity index (χ1) is 11.5. The second-order valence-electron chi connectivity index (χ2n) is 5.25. The van der Waals surface area contributed by atoms with Gasteiger partial charge in [-0.15, -0.1) is 0 Å². The van der Waals surface area contributed by atoms with Crippen molar-refractivity contribution in [1.82, 2.24) is 9.97 Å². The van der Waals surface area contributed by atoms with E-state index in [2.05, 4.69) is 27.0 Å². The number of hydrogen-bond acceptors (Lipinski definition) is 6. The summed E-state index contributed by atoms with van der Waals surface area (Å²) in [6.45, 7) is 3.93. The zero-order chi connectivity index (χ0) is 17.1. The summed E-state index contributed by atoms with van der Waals surface area (Å²) in [6.07, 6.45) is 4.76. The first-order valence-electron chi connectivity index (χ1n) is 7.25. The molecule has 1 aliphatic rings. The second kappa shape index (κ2) is 6.41. The third-order valence-corrected chi connectivity index (χ3v) is 3.49. The van der Waals surface area contributed by atoms with E-state index in [1.807, 2.05) is 12.1 Å². The number of carbonyl (C=O) groups is 2. The van der Waals surface area contributed by atoms with Crippen molar-refractivity contribution >= 4 is 34.9 Å². The normalized spacial score (nSPS) is 13.5. The maximum Gasteiger partial charge on any atom is 0.232 e. The number of allylic oxidation sites excluding steroid dienone is 1. The summed E-state index contributed by atoms with van der Waals surface area (Å²) in [5, 5.41) is 8.57. The Morgan fingerprint density at radius 2 is 2.21 bits per heavy atom. The molecule has 3 rings (SSSR count). The molecule has 1 aliphatic heterocycles. The third kappa shape index (κ3) is 3.19. The van der Waals surface area contributed by atoms with Crippen molar-refractivity contribution in [2.24, 2.45) is 5.10 Å². The SMILES string of the molecule is C=C(/C=N\N(C)c1cccnc1)c1ccc2c(n1)C(=O)CC(=O)N2. The Bertz CT molecular complexity index is 845. The number of fused-ring (bicyclic) bond motifs is 1. The van der Waals surface area contributed by atoms with Gasteiger partial charge in [0, 0.05) is 18.8 Å². The number of pyridine rings is 2. The molecule has 120 valence electrons. The number of rotatable bonds is 4. The molecule has 0 aromatic carbocycles. The van der Waals surface area contributed by atoms with E-state index in [0.717, 1.165) is 5.69 Å². The number of hydrogen-bond donors (Lipinski definition) is 1. The molecule has 0 radical (unpaired) electrons. The highest BCUT2D eigenvalue weighted by molar-refractivity contribution is 6.18. The molecule has 3 heterocycles. The molecule has 0 aliphatic carbocycles. The molecule has 0 saturated carbocycles. The Kier molecular flexibility index (Phi) is 4.15. The summed E-state index contributed by atoms with van der Waals surface area (Å²) in [5.74, 6) is -0.617.